The first-order chi connectivity index (χ1) is 9.29. The molecule has 2 nitrogen and oxygen atoms in total. The number of aliphatic hydroxyl groups is 1. The van der Waals surface area contributed by atoms with Crippen LogP contribution in [0.25, 0.3) is 0 Å². The Balaban J connectivity index is 2.46. The zero-order chi connectivity index (χ0) is 14.9. The maximum atomic E-state index is 12.7. The summed E-state index contributed by atoms with van der Waals surface area (Å²) in [7, 11) is 0. The lowest BCUT2D eigenvalue weighted by Crippen LogP contribution is -2.09. The van der Waals surface area contributed by atoms with Crippen LogP contribution in [0.2, 0.25) is 5.02 Å². The highest BCUT2D eigenvalue weighted by Crippen LogP contribution is 2.35. The molecule has 0 aliphatic rings. The molecule has 106 valence electrons. The SMILES string of the molecule is Nc1ccc(C(F)(F)F)cc1C(O)c1cccc(Cl)c1. The zero-order valence-electron chi connectivity index (χ0n) is 10.2. The van der Waals surface area contributed by atoms with E-state index in [4.69, 9.17) is 17.3 Å². The molecule has 0 fully saturated rings. The molecular formula is C14H11ClF3NO. The summed E-state index contributed by atoms with van der Waals surface area (Å²) >= 11 is 5.80. The van der Waals surface area contributed by atoms with Crippen LogP contribution in [-0.4, -0.2) is 5.11 Å². The van der Waals surface area contributed by atoms with E-state index in [1.165, 1.54) is 6.07 Å². The first-order valence-corrected chi connectivity index (χ1v) is 6.07. The van der Waals surface area contributed by atoms with Gasteiger partial charge in [0.2, 0.25) is 0 Å². The molecule has 3 N–H and O–H groups in total. The average Bonchev–Trinajstić information content (AvgIpc) is 2.37. The summed E-state index contributed by atoms with van der Waals surface area (Å²) in [6.07, 6.45) is -5.76. The smallest absolute Gasteiger partial charge is 0.398 e. The van der Waals surface area contributed by atoms with E-state index in [9.17, 15) is 18.3 Å². The summed E-state index contributed by atoms with van der Waals surface area (Å²) in [4.78, 5) is 0. The Morgan fingerprint density at radius 2 is 1.80 bits per heavy atom. The third kappa shape index (κ3) is 3.05. The van der Waals surface area contributed by atoms with Crippen molar-refractivity contribution < 1.29 is 18.3 Å². The number of alkyl halides is 3. The molecule has 2 rings (SSSR count). The highest BCUT2D eigenvalue weighted by atomic mass is 35.5. The van der Waals surface area contributed by atoms with Crippen molar-refractivity contribution in [3.05, 3.63) is 64.2 Å². The number of rotatable bonds is 2. The van der Waals surface area contributed by atoms with Crippen LogP contribution in [0.15, 0.2) is 42.5 Å². The van der Waals surface area contributed by atoms with Gasteiger partial charge in [-0.3, -0.25) is 0 Å². The van der Waals surface area contributed by atoms with Gasteiger partial charge >= 0.3 is 6.18 Å². The Kier molecular flexibility index (Phi) is 3.92. The van der Waals surface area contributed by atoms with Gasteiger partial charge in [-0.2, -0.15) is 13.2 Å². The number of nitrogens with two attached hydrogens (primary N) is 1. The number of benzene rings is 2. The van der Waals surface area contributed by atoms with E-state index >= 15 is 0 Å². The number of anilines is 1. The van der Waals surface area contributed by atoms with Crippen LogP contribution in [0.4, 0.5) is 18.9 Å². The highest BCUT2D eigenvalue weighted by molar-refractivity contribution is 6.30. The van der Waals surface area contributed by atoms with Crippen LogP contribution >= 0.6 is 11.6 Å². The number of hydrogen-bond acceptors (Lipinski definition) is 2. The van der Waals surface area contributed by atoms with Crippen molar-refractivity contribution in [2.75, 3.05) is 5.73 Å². The Labute approximate surface area is 118 Å². The van der Waals surface area contributed by atoms with E-state index < -0.39 is 17.8 Å². The molecule has 0 spiro atoms. The number of aliphatic hydroxyl groups excluding tert-OH is 1. The maximum absolute atomic E-state index is 12.7. The topological polar surface area (TPSA) is 46.2 Å². The maximum Gasteiger partial charge on any atom is 0.416 e. The lowest BCUT2D eigenvalue weighted by atomic mass is 9.98. The second-order valence-corrected chi connectivity index (χ2v) is 4.74. The molecule has 2 aromatic carbocycles. The van der Waals surface area contributed by atoms with Crippen molar-refractivity contribution >= 4 is 17.3 Å². The predicted octanol–water partition coefficient (Wildman–Crippen LogP) is 4.02. The van der Waals surface area contributed by atoms with E-state index in [2.05, 4.69) is 0 Å². The largest absolute Gasteiger partial charge is 0.416 e. The monoisotopic (exact) mass is 301 g/mol. The molecule has 20 heavy (non-hydrogen) atoms. The molecule has 0 aliphatic carbocycles. The lowest BCUT2D eigenvalue weighted by molar-refractivity contribution is -0.137. The zero-order valence-corrected chi connectivity index (χ0v) is 10.9. The fourth-order valence-corrected chi connectivity index (χ4v) is 2.04. The molecule has 0 aliphatic heterocycles. The van der Waals surface area contributed by atoms with Crippen LogP contribution in [0.3, 0.4) is 0 Å². The molecule has 6 heteroatoms. The second-order valence-electron chi connectivity index (χ2n) is 4.30. The number of hydrogen-bond donors (Lipinski definition) is 2. The standard InChI is InChI=1S/C14H11ClF3NO/c15-10-3-1-2-8(6-10)13(20)11-7-9(14(16,17)18)4-5-12(11)19/h1-7,13,20H,19H2. The molecule has 1 unspecified atom stereocenters. The van der Waals surface area contributed by atoms with Crippen LogP contribution in [0.1, 0.15) is 22.8 Å². The van der Waals surface area contributed by atoms with Crippen molar-refractivity contribution in [2.45, 2.75) is 12.3 Å². The van der Waals surface area contributed by atoms with Crippen molar-refractivity contribution in [3.8, 4) is 0 Å². The molecule has 0 radical (unpaired) electrons. The first kappa shape index (κ1) is 14.7. The van der Waals surface area contributed by atoms with Gasteiger partial charge in [0.15, 0.2) is 0 Å². The molecule has 1 atom stereocenters. The average molecular weight is 302 g/mol. The first-order valence-electron chi connectivity index (χ1n) is 5.69. The van der Waals surface area contributed by atoms with E-state index in [0.29, 0.717) is 10.6 Å². The summed E-state index contributed by atoms with van der Waals surface area (Å²) in [6, 6.07) is 9.11. The van der Waals surface area contributed by atoms with Crippen LogP contribution in [0, 0.1) is 0 Å². The molecular weight excluding hydrogens is 291 g/mol. The number of halogens is 4. The van der Waals surface area contributed by atoms with Gasteiger partial charge < -0.3 is 10.8 Å². The molecule has 0 saturated carbocycles. The third-order valence-corrected chi connectivity index (χ3v) is 3.11. The van der Waals surface area contributed by atoms with Gasteiger partial charge in [-0.25, -0.2) is 0 Å². The Morgan fingerprint density at radius 1 is 1.10 bits per heavy atom. The molecule has 0 bridgehead atoms. The Morgan fingerprint density at radius 3 is 2.40 bits per heavy atom. The minimum atomic E-state index is -4.49. The van der Waals surface area contributed by atoms with Gasteiger partial charge in [0.05, 0.1) is 5.56 Å². The Bertz CT molecular complexity index is 628. The van der Waals surface area contributed by atoms with Gasteiger partial charge in [0.25, 0.3) is 0 Å². The van der Waals surface area contributed by atoms with Crippen LogP contribution < -0.4 is 5.73 Å². The summed E-state index contributed by atoms with van der Waals surface area (Å²) in [5, 5.41) is 10.6. The van der Waals surface area contributed by atoms with Gasteiger partial charge in [-0.1, -0.05) is 23.7 Å². The van der Waals surface area contributed by atoms with Crippen molar-refractivity contribution in [1.82, 2.24) is 0 Å². The van der Waals surface area contributed by atoms with E-state index in [1.54, 1.807) is 18.2 Å². The van der Waals surface area contributed by atoms with E-state index in [1.807, 2.05) is 0 Å². The fourth-order valence-electron chi connectivity index (χ4n) is 1.84. The molecule has 0 heterocycles. The van der Waals surface area contributed by atoms with Crippen LogP contribution in [-0.2, 0) is 6.18 Å². The predicted molar refractivity (Wildman–Crippen MR) is 71.4 cm³/mol. The van der Waals surface area contributed by atoms with E-state index in [0.717, 1.165) is 18.2 Å². The second kappa shape index (κ2) is 5.34. The summed E-state index contributed by atoms with van der Waals surface area (Å²) in [5.74, 6) is 0. The van der Waals surface area contributed by atoms with E-state index in [-0.39, 0.29) is 11.3 Å². The minimum absolute atomic E-state index is 0.00194. The molecule has 0 saturated heterocycles. The van der Waals surface area contributed by atoms with Gasteiger partial charge in [0.1, 0.15) is 6.10 Å². The van der Waals surface area contributed by atoms with Gasteiger partial charge in [-0.05, 0) is 35.9 Å². The summed E-state index contributed by atoms with van der Waals surface area (Å²) in [5.41, 5.74) is 5.26. The molecule has 0 aromatic heterocycles. The summed E-state index contributed by atoms with van der Waals surface area (Å²) < 4.78 is 38.1. The van der Waals surface area contributed by atoms with Crippen molar-refractivity contribution in [3.63, 3.8) is 0 Å². The minimum Gasteiger partial charge on any atom is -0.398 e. The fraction of sp³-hybridized carbons (Fsp3) is 0.143. The normalized spacial score (nSPS) is 13.2. The highest BCUT2D eigenvalue weighted by Gasteiger charge is 2.31. The van der Waals surface area contributed by atoms with Crippen LogP contribution in [0.5, 0.6) is 0 Å². The van der Waals surface area contributed by atoms with Gasteiger partial charge in [-0.15, -0.1) is 0 Å². The quantitative estimate of drug-likeness (QED) is 0.823. The third-order valence-electron chi connectivity index (χ3n) is 2.87. The van der Waals surface area contributed by atoms with Gasteiger partial charge in [0, 0.05) is 16.3 Å². The molecule has 0 amide bonds. The Hall–Kier alpha value is -1.72. The lowest BCUT2D eigenvalue weighted by Gasteiger charge is -2.16. The number of nitrogen functional groups attached to an aromatic ring is 1. The van der Waals surface area contributed by atoms with Crippen molar-refractivity contribution in [1.29, 1.82) is 0 Å². The van der Waals surface area contributed by atoms with Crippen molar-refractivity contribution in [2.24, 2.45) is 0 Å². The summed E-state index contributed by atoms with van der Waals surface area (Å²) in [6.45, 7) is 0. The molecule has 2 aromatic rings.